The normalized spacial score (nSPS) is 12.2. The topological polar surface area (TPSA) is 86.8 Å². The maximum Gasteiger partial charge on any atom is 0.244 e. The van der Waals surface area contributed by atoms with Gasteiger partial charge in [-0.25, -0.2) is 8.42 Å². The summed E-state index contributed by atoms with van der Waals surface area (Å²) in [5.74, 6) is -0.856. The number of nitrogens with zero attached hydrogens (tertiary/aromatic N) is 2. The number of halogens is 2. The first-order valence-corrected chi connectivity index (χ1v) is 13.6. The average Bonchev–Trinajstić information content (AvgIpc) is 2.77. The predicted molar refractivity (Wildman–Crippen MR) is 138 cm³/mol. The van der Waals surface area contributed by atoms with Crippen molar-refractivity contribution in [3.63, 3.8) is 0 Å². The Labute approximate surface area is 212 Å². The Kier molecular flexibility index (Phi) is 10.2. The van der Waals surface area contributed by atoms with Gasteiger partial charge in [0, 0.05) is 28.7 Å². The second-order valence-corrected chi connectivity index (χ2v) is 10.7. The molecule has 0 radical (unpaired) electrons. The van der Waals surface area contributed by atoms with Crippen LogP contribution < -0.4 is 9.62 Å². The minimum absolute atomic E-state index is 0.0409. The largest absolute Gasteiger partial charge is 0.354 e. The Bertz CT molecular complexity index is 1100. The molecule has 2 aromatic carbocycles. The van der Waals surface area contributed by atoms with Crippen LogP contribution in [0, 0.1) is 6.92 Å². The molecular formula is C24H31Cl2N3O4S. The highest BCUT2D eigenvalue weighted by atomic mass is 35.5. The third-order valence-corrected chi connectivity index (χ3v) is 7.22. The van der Waals surface area contributed by atoms with Crippen LogP contribution in [0.15, 0.2) is 42.5 Å². The molecule has 1 atom stereocenters. The lowest BCUT2D eigenvalue weighted by Gasteiger charge is -2.33. The number of hydrogen-bond donors (Lipinski definition) is 1. The van der Waals surface area contributed by atoms with E-state index in [1.54, 1.807) is 56.3 Å². The molecule has 0 aliphatic rings. The van der Waals surface area contributed by atoms with Gasteiger partial charge in [-0.1, -0.05) is 61.3 Å². The minimum atomic E-state index is -3.79. The molecule has 0 aromatic heterocycles. The first-order chi connectivity index (χ1) is 16.0. The first-order valence-electron chi connectivity index (χ1n) is 11.0. The number of amides is 2. The van der Waals surface area contributed by atoms with Crippen LogP contribution in [0.1, 0.15) is 37.8 Å². The van der Waals surface area contributed by atoms with Crippen LogP contribution in [-0.2, 0) is 26.2 Å². The van der Waals surface area contributed by atoms with E-state index in [9.17, 15) is 18.0 Å². The number of sulfonamides is 1. The number of benzene rings is 2. The van der Waals surface area contributed by atoms with Crippen LogP contribution in [0.25, 0.3) is 0 Å². The maximum atomic E-state index is 13.6. The Hall–Kier alpha value is -2.29. The molecule has 0 aliphatic heterocycles. The predicted octanol–water partition coefficient (Wildman–Crippen LogP) is 4.40. The zero-order valence-electron chi connectivity index (χ0n) is 19.8. The average molecular weight is 529 g/mol. The number of anilines is 1. The lowest BCUT2D eigenvalue weighted by Crippen LogP contribution is -2.52. The van der Waals surface area contributed by atoms with Crippen molar-refractivity contribution in [2.24, 2.45) is 0 Å². The van der Waals surface area contributed by atoms with E-state index in [4.69, 9.17) is 23.2 Å². The molecule has 0 saturated heterocycles. The molecule has 186 valence electrons. The second kappa shape index (κ2) is 12.4. The molecule has 0 bridgehead atoms. The summed E-state index contributed by atoms with van der Waals surface area (Å²) in [4.78, 5) is 27.9. The smallest absolute Gasteiger partial charge is 0.244 e. The summed E-state index contributed by atoms with van der Waals surface area (Å²) < 4.78 is 26.4. The second-order valence-electron chi connectivity index (χ2n) is 7.99. The van der Waals surface area contributed by atoms with Gasteiger partial charge in [-0.05, 0) is 43.5 Å². The molecule has 2 rings (SSSR count). The van der Waals surface area contributed by atoms with Gasteiger partial charge in [-0.3, -0.25) is 13.9 Å². The van der Waals surface area contributed by atoms with Crippen molar-refractivity contribution >= 4 is 50.7 Å². The van der Waals surface area contributed by atoms with Gasteiger partial charge in [-0.2, -0.15) is 0 Å². The molecule has 34 heavy (non-hydrogen) atoms. The molecule has 7 nitrogen and oxygen atoms in total. The van der Waals surface area contributed by atoms with E-state index >= 15 is 0 Å². The number of rotatable bonds is 11. The van der Waals surface area contributed by atoms with Gasteiger partial charge in [0.05, 0.1) is 11.9 Å². The summed E-state index contributed by atoms with van der Waals surface area (Å²) in [6, 6.07) is 11.1. The Morgan fingerprint density at radius 3 is 2.18 bits per heavy atom. The molecule has 0 heterocycles. The van der Waals surface area contributed by atoms with Crippen LogP contribution >= 0.6 is 23.2 Å². The zero-order valence-corrected chi connectivity index (χ0v) is 22.2. The van der Waals surface area contributed by atoms with Crippen molar-refractivity contribution in [2.45, 2.75) is 46.2 Å². The fourth-order valence-corrected chi connectivity index (χ4v) is 5.00. The molecule has 1 N–H and O–H groups in total. The van der Waals surface area contributed by atoms with Gasteiger partial charge in [0.25, 0.3) is 0 Å². The summed E-state index contributed by atoms with van der Waals surface area (Å²) in [5, 5.41) is 3.54. The third kappa shape index (κ3) is 7.10. The lowest BCUT2D eigenvalue weighted by molar-refractivity contribution is -0.140. The van der Waals surface area contributed by atoms with Crippen LogP contribution in [0.3, 0.4) is 0 Å². The molecule has 10 heteroatoms. The fourth-order valence-electron chi connectivity index (χ4n) is 3.58. The van der Waals surface area contributed by atoms with Crippen molar-refractivity contribution < 1.29 is 18.0 Å². The number of hydrogen-bond acceptors (Lipinski definition) is 4. The summed E-state index contributed by atoms with van der Waals surface area (Å²) in [6.07, 6.45) is 2.11. The van der Waals surface area contributed by atoms with E-state index in [0.29, 0.717) is 39.8 Å². The van der Waals surface area contributed by atoms with Crippen molar-refractivity contribution in [3.8, 4) is 0 Å². The number of para-hydroxylation sites is 1. The van der Waals surface area contributed by atoms with Crippen molar-refractivity contribution in [1.82, 2.24) is 10.2 Å². The van der Waals surface area contributed by atoms with Crippen LogP contribution in [0.5, 0.6) is 0 Å². The summed E-state index contributed by atoms with van der Waals surface area (Å²) in [5.41, 5.74) is 1.59. The standard InChI is InChI=1S/C24H31Cl2N3O4S/c1-5-14-27-24(31)21(6-2)28(15-18-19(25)11-9-12-20(18)26)23(30)16-29(34(4,32)33)22-13-8-7-10-17(22)3/h7-13,21H,5-6,14-16H2,1-4H3,(H,27,31)/t21-/m1/s1. The highest BCUT2D eigenvalue weighted by molar-refractivity contribution is 7.92. The van der Waals surface area contributed by atoms with Gasteiger partial charge in [0.15, 0.2) is 0 Å². The maximum absolute atomic E-state index is 13.6. The zero-order chi connectivity index (χ0) is 25.5. The highest BCUT2D eigenvalue weighted by Gasteiger charge is 2.32. The van der Waals surface area contributed by atoms with Gasteiger partial charge in [0.2, 0.25) is 21.8 Å². The number of aryl methyl sites for hydroxylation is 1. The van der Waals surface area contributed by atoms with Gasteiger partial charge in [-0.15, -0.1) is 0 Å². The minimum Gasteiger partial charge on any atom is -0.354 e. The first kappa shape index (κ1) is 28.0. The summed E-state index contributed by atoms with van der Waals surface area (Å²) in [6.45, 7) is 5.44. The number of nitrogens with one attached hydrogen (secondary N) is 1. The van der Waals surface area contributed by atoms with E-state index in [1.807, 2.05) is 6.92 Å². The summed E-state index contributed by atoms with van der Waals surface area (Å²) in [7, 11) is -3.79. The highest BCUT2D eigenvalue weighted by Crippen LogP contribution is 2.28. The Morgan fingerprint density at radius 1 is 1.03 bits per heavy atom. The van der Waals surface area contributed by atoms with Crippen molar-refractivity contribution in [2.75, 3.05) is 23.7 Å². The van der Waals surface area contributed by atoms with Gasteiger partial charge >= 0.3 is 0 Å². The van der Waals surface area contributed by atoms with Crippen molar-refractivity contribution in [1.29, 1.82) is 0 Å². The van der Waals surface area contributed by atoms with Crippen molar-refractivity contribution in [3.05, 3.63) is 63.6 Å². The van der Waals surface area contributed by atoms with Crippen LogP contribution in [0.2, 0.25) is 10.0 Å². The molecule has 0 fully saturated rings. The quantitative estimate of drug-likeness (QED) is 0.469. The van der Waals surface area contributed by atoms with Crippen LogP contribution in [-0.4, -0.2) is 50.5 Å². The van der Waals surface area contributed by atoms with E-state index in [2.05, 4.69) is 5.32 Å². The Morgan fingerprint density at radius 2 is 1.65 bits per heavy atom. The SMILES string of the molecule is CCCNC(=O)[C@@H](CC)N(Cc1c(Cl)cccc1Cl)C(=O)CN(c1ccccc1C)S(C)(=O)=O. The monoisotopic (exact) mass is 527 g/mol. The van der Waals surface area contributed by atoms with Gasteiger partial charge in [0.1, 0.15) is 12.6 Å². The van der Waals surface area contributed by atoms with E-state index in [1.165, 1.54) is 4.90 Å². The molecule has 2 amide bonds. The molecule has 0 unspecified atom stereocenters. The lowest BCUT2D eigenvalue weighted by atomic mass is 10.1. The number of carbonyl (C=O) groups is 2. The Balaban J connectivity index is 2.50. The molecule has 0 spiro atoms. The molecular weight excluding hydrogens is 497 g/mol. The van der Waals surface area contributed by atoms with E-state index in [0.717, 1.165) is 17.0 Å². The van der Waals surface area contributed by atoms with E-state index < -0.39 is 28.5 Å². The summed E-state index contributed by atoms with van der Waals surface area (Å²) >= 11 is 12.7. The fraction of sp³-hybridized carbons (Fsp3) is 0.417. The molecule has 2 aromatic rings. The van der Waals surface area contributed by atoms with E-state index in [-0.39, 0.29) is 12.5 Å². The number of carbonyl (C=O) groups excluding carboxylic acids is 2. The third-order valence-electron chi connectivity index (χ3n) is 5.39. The van der Waals surface area contributed by atoms with Gasteiger partial charge < -0.3 is 10.2 Å². The molecule has 0 aliphatic carbocycles. The molecule has 0 saturated carbocycles. The van der Waals surface area contributed by atoms with Crippen LogP contribution in [0.4, 0.5) is 5.69 Å².